The van der Waals surface area contributed by atoms with Gasteiger partial charge in [0, 0.05) is 17.9 Å². The minimum atomic E-state index is -0.310. The highest BCUT2D eigenvalue weighted by Crippen LogP contribution is 2.38. The summed E-state index contributed by atoms with van der Waals surface area (Å²) in [5, 5.41) is 0. The van der Waals surface area contributed by atoms with Crippen molar-refractivity contribution in [2.45, 2.75) is 45.3 Å². The number of hydrogen-bond donors (Lipinski definition) is 0. The lowest BCUT2D eigenvalue weighted by atomic mass is 9.78. The second-order valence-electron chi connectivity index (χ2n) is 7.71. The summed E-state index contributed by atoms with van der Waals surface area (Å²) in [6.07, 6.45) is 1.08. The van der Waals surface area contributed by atoms with Gasteiger partial charge in [-0.05, 0) is 63.3 Å². The number of anilines is 2. The molecule has 24 heavy (non-hydrogen) atoms. The van der Waals surface area contributed by atoms with Crippen LogP contribution in [0.2, 0.25) is 0 Å². The normalized spacial score (nSPS) is 21.2. The van der Waals surface area contributed by atoms with Crippen molar-refractivity contribution in [3.05, 3.63) is 54.1 Å². The van der Waals surface area contributed by atoms with Gasteiger partial charge in [0.25, 0.3) is 0 Å². The van der Waals surface area contributed by atoms with Crippen LogP contribution < -0.4 is 10.4 Å². The summed E-state index contributed by atoms with van der Waals surface area (Å²) in [6, 6.07) is 17.2. The maximum Gasteiger partial charge on any atom is 0.494 e. The van der Waals surface area contributed by atoms with E-state index in [9.17, 15) is 0 Å². The Labute approximate surface area is 144 Å². The van der Waals surface area contributed by atoms with Gasteiger partial charge in [0.2, 0.25) is 0 Å². The van der Waals surface area contributed by atoms with E-state index in [0.29, 0.717) is 0 Å². The first-order valence-corrected chi connectivity index (χ1v) is 8.68. The summed E-state index contributed by atoms with van der Waals surface area (Å²) >= 11 is 0. The molecule has 2 aliphatic heterocycles. The Bertz CT molecular complexity index is 741. The average molecular weight is 321 g/mol. The van der Waals surface area contributed by atoms with Gasteiger partial charge < -0.3 is 14.2 Å². The van der Waals surface area contributed by atoms with Crippen LogP contribution in [-0.2, 0) is 15.7 Å². The summed E-state index contributed by atoms with van der Waals surface area (Å²) in [7, 11) is -0.307. The highest BCUT2D eigenvalue weighted by molar-refractivity contribution is 6.62. The van der Waals surface area contributed by atoms with Gasteiger partial charge in [-0.3, -0.25) is 0 Å². The smallest absolute Gasteiger partial charge is 0.399 e. The molecule has 0 aromatic heterocycles. The Kier molecular flexibility index (Phi) is 3.52. The molecular weight excluding hydrogens is 297 g/mol. The summed E-state index contributed by atoms with van der Waals surface area (Å²) in [4.78, 5) is 2.38. The average Bonchev–Trinajstić information content (AvgIpc) is 3.06. The third-order valence-electron chi connectivity index (χ3n) is 5.60. The van der Waals surface area contributed by atoms with Gasteiger partial charge in [0.05, 0.1) is 11.2 Å². The van der Waals surface area contributed by atoms with E-state index in [0.717, 1.165) is 18.4 Å². The minimum Gasteiger partial charge on any atom is -0.399 e. The summed E-state index contributed by atoms with van der Waals surface area (Å²) < 4.78 is 12.4. The summed E-state index contributed by atoms with van der Waals surface area (Å²) in [5.41, 5.74) is 4.37. The lowest BCUT2D eigenvalue weighted by Gasteiger charge is -2.32. The van der Waals surface area contributed by atoms with Crippen LogP contribution in [0.3, 0.4) is 0 Å². The molecule has 0 amide bonds. The van der Waals surface area contributed by atoms with Crippen molar-refractivity contribution in [2.75, 3.05) is 11.4 Å². The highest BCUT2D eigenvalue weighted by atomic mass is 16.7. The van der Waals surface area contributed by atoms with E-state index in [1.807, 2.05) is 0 Å². The molecule has 0 saturated carbocycles. The lowest BCUT2D eigenvalue weighted by Crippen LogP contribution is -2.41. The Morgan fingerprint density at radius 1 is 0.917 bits per heavy atom. The molecule has 2 aromatic rings. The van der Waals surface area contributed by atoms with Crippen molar-refractivity contribution in [1.82, 2.24) is 0 Å². The van der Waals surface area contributed by atoms with Crippen LogP contribution in [0.25, 0.3) is 0 Å². The molecule has 3 nitrogen and oxygen atoms in total. The Hall–Kier alpha value is -1.78. The molecule has 1 saturated heterocycles. The minimum absolute atomic E-state index is 0.307. The quantitative estimate of drug-likeness (QED) is 0.788. The zero-order valence-electron chi connectivity index (χ0n) is 14.9. The van der Waals surface area contributed by atoms with Gasteiger partial charge in [-0.2, -0.15) is 0 Å². The monoisotopic (exact) mass is 321 g/mol. The first kappa shape index (κ1) is 15.7. The number of rotatable bonds is 2. The third-order valence-corrected chi connectivity index (χ3v) is 5.60. The molecule has 0 spiro atoms. The predicted molar refractivity (Wildman–Crippen MR) is 99.3 cm³/mol. The lowest BCUT2D eigenvalue weighted by molar-refractivity contribution is 0.00578. The molecule has 0 bridgehead atoms. The first-order chi connectivity index (χ1) is 11.4. The molecule has 2 aliphatic rings. The first-order valence-electron chi connectivity index (χ1n) is 8.68. The van der Waals surface area contributed by atoms with E-state index in [1.165, 1.54) is 16.9 Å². The standard InChI is InChI=1S/C20H24BNO2/c1-19(2)20(3,4)24-21(23-19)16-11-10-15-12-13-22(18(15)14-16)17-8-6-5-7-9-17/h5-11,14H,12-13H2,1-4H3. The molecule has 0 aliphatic carbocycles. The zero-order chi connectivity index (χ0) is 16.9. The van der Waals surface area contributed by atoms with Crippen LogP contribution in [0.4, 0.5) is 11.4 Å². The van der Waals surface area contributed by atoms with Crippen LogP contribution >= 0.6 is 0 Å². The van der Waals surface area contributed by atoms with Crippen LogP contribution in [0.1, 0.15) is 33.3 Å². The number of hydrogen-bond acceptors (Lipinski definition) is 3. The van der Waals surface area contributed by atoms with Crippen LogP contribution in [-0.4, -0.2) is 24.9 Å². The van der Waals surface area contributed by atoms with Gasteiger partial charge >= 0.3 is 7.12 Å². The Morgan fingerprint density at radius 3 is 2.25 bits per heavy atom. The molecule has 0 N–H and O–H groups in total. The molecule has 0 unspecified atom stereocenters. The maximum absolute atomic E-state index is 6.21. The second kappa shape index (κ2) is 5.37. The van der Waals surface area contributed by atoms with E-state index < -0.39 is 0 Å². The summed E-state index contributed by atoms with van der Waals surface area (Å²) in [5.74, 6) is 0. The molecule has 4 rings (SSSR count). The molecule has 0 atom stereocenters. The van der Waals surface area contributed by atoms with Crippen molar-refractivity contribution < 1.29 is 9.31 Å². The van der Waals surface area contributed by atoms with Crippen molar-refractivity contribution in [1.29, 1.82) is 0 Å². The number of fused-ring (bicyclic) bond motifs is 1. The molecule has 4 heteroatoms. The van der Waals surface area contributed by atoms with E-state index in [1.54, 1.807) is 0 Å². The van der Waals surface area contributed by atoms with Crippen molar-refractivity contribution in [3.8, 4) is 0 Å². The zero-order valence-corrected chi connectivity index (χ0v) is 14.9. The van der Waals surface area contributed by atoms with Gasteiger partial charge in [-0.1, -0.05) is 30.3 Å². The topological polar surface area (TPSA) is 21.7 Å². The van der Waals surface area contributed by atoms with E-state index in [4.69, 9.17) is 9.31 Å². The maximum atomic E-state index is 6.21. The number of benzene rings is 2. The molecule has 1 fully saturated rings. The molecule has 2 heterocycles. The van der Waals surface area contributed by atoms with Gasteiger partial charge in [0.1, 0.15) is 0 Å². The van der Waals surface area contributed by atoms with E-state index in [2.05, 4.69) is 81.1 Å². The fraction of sp³-hybridized carbons (Fsp3) is 0.400. The highest BCUT2D eigenvalue weighted by Gasteiger charge is 2.51. The number of nitrogens with zero attached hydrogens (tertiary/aromatic N) is 1. The van der Waals surface area contributed by atoms with Crippen molar-refractivity contribution in [2.24, 2.45) is 0 Å². The van der Waals surface area contributed by atoms with E-state index >= 15 is 0 Å². The SMILES string of the molecule is CC1(C)OB(c2ccc3c(c2)N(c2ccccc2)CC3)OC1(C)C. The third kappa shape index (κ3) is 2.45. The van der Waals surface area contributed by atoms with Gasteiger partial charge in [-0.25, -0.2) is 0 Å². The van der Waals surface area contributed by atoms with E-state index in [-0.39, 0.29) is 18.3 Å². The van der Waals surface area contributed by atoms with Crippen molar-refractivity contribution in [3.63, 3.8) is 0 Å². The fourth-order valence-electron chi connectivity index (χ4n) is 3.40. The largest absolute Gasteiger partial charge is 0.494 e. The second-order valence-corrected chi connectivity index (χ2v) is 7.71. The van der Waals surface area contributed by atoms with Crippen LogP contribution in [0.5, 0.6) is 0 Å². The fourth-order valence-corrected chi connectivity index (χ4v) is 3.40. The number of para-hydroxylation sites is 1. The van der Waals surface area contributed by atoms with Crippen LogP contribution in [0, 0.1) is 0 Å². The Morgan fingerprint density at radius 2 is 1.58 bits per heavy atom. The molecular formula is C20H24BNO2. The van der Waals surface area contributed by atoms with Gasteiger partial charge in [0.15, 0.2) is 0 Å². The Balaban J connectivity index is 1.67. The predicted octanol–water partition coefficient (Wildman–Crippen LogP) is 3.68. The van der Waals surface area contributed by atoms with Crippen molar-refractivity contribution >= 4 is 24.0 Å². The van der Waals surface area contributed by atoms with Gasteiger partial charge in [-0.15, -0.1) is 0 Å². The molecule has 2 aromatic carbocycles. The molecule has 0 radical (unpaired) electrons. The summed E-state index contributed by atoms with van der Waals surface area (Å²) in [6.45, 7) is 9.40. The molecule has 124 valence electrons. The van der Waals surface area contributed by atoms with Crippen LogP contribution in [0.15, 0.2) is 48.5 Å².